The van der Waals surface area contributed by atoms with Crippen molar-refractivity contribution >= 4 is 6.29 Å². The van der Waals surface area contributed by atoms with Gasteiger partial charge in [-0.2, -0.15) is 92.2 Å². The van der Waals surface area contributed by atoms with Gasteiger partial charge in [-0.05, 0) is 0 Å². The predicted octanol–water partition coefficient (Wildman–Crippen LogP) is 6.47. The topological polar surface area (TPSA) is 17.1 Å². The summed E-state index contributed by atoms with van der Waals surface area (Å²) in [6, 6.07) is 0. The van der Waals surface area contributed by atoms with Crippen LogP contribution in [0.15, 0.2) is 0 Å². The predicted molar refractivity (Wildman–Crippen MR) is 56.6 cm³/mol. The average molecular weight is 548 g/mol. The van der Waals surface area contributed by atoms with Gasteiger partial charge in [0.15, 0.2) is 6.29 Å². The number of hydrogen-bond donors (Lipinski definition) is 0. The fraction of sp³-hybridized carbons (Fsp3) is 0.909. The largest absolute Gasteiger partial charge is 0.460 e. The van der Waals surface area contributed by atoms with Crippen LogP contribution in [0.3, 0.4) is 0 Å². The Hall–Kier alpha value is -1.80. The van der Waals surface area contributed by atoms with E-state index in [2.05, 4.69) is 0 Å². The van der Waals surface area contributed by atoms with Crippen LogP contribution in [-0.4, -0.2) is 65.8 Å². The Labute approximate surface area is 164 Å². The molecule has 0 aromatic heterocycles. The Balaban J connectivity index is 7.06. The van der Waals surface area contributed by atoms with Gasteiger partial charge < -0.3 is 0 Å². The van der Waals surface area contributed by atoms with E-state index < -0.39 is 65.8 Å². The molecule has 22 heteroatoms. The second kappa shape index (κ2) is 7.35. The van der Waals surface area contributed by atoms with E-state index >= 15 is 0 Å². The van der Waals surface area contributed by atoms with Crippen molar-refractivity contribution in [1.29, 1.82) is 0 Å². The fourth-order valence-corrected chi connectivity index (χ4v) is 1.64. The first-order valence-corrected chi connectivity index (χ1v) is 6.74. The van der Waals surface area contributed by atoms with Crippen molar-refractivity contribution in [3.8, 4) is 0 Å². The Bertz CT molecular complexity index is 742. The first kappa shape index (κ1) is 31.2. The van der Waals surface area contributed by atoms with Crippen molar-refractivity contribution < 1.29 is 97.0 Å². The molecule has 0 saturated carbocycles. The molecule has 0 aliphatic heterocycles. The molecule has 0 saturated heterocycles. The van der Waals surface area contributed by atoms with Crippen LogP contribution in [0.1, 0.15) is 0 Å². The SMILES string of the molecule is O=CC(F)(F)C(F)(F)C(F)(F)C(F)(F)C(F)(F)C(F)(F)C(F)(F)C(F)(F)C(F)(F)C(F)(F)F. The Kier molecular flexibility index (Phi) is 6.95. The van der Waals surface area contributed by atoms with Gasteiger partial charge in [0.25, 0.3) is 0 Å². The van der Waals surface area contributed by atoms with E-state index in [1.54, 1.807) is 0 Å². The number of aldehydes is 1. The molecule has 0 N–H and O–H groups in total. The number of carbonyl (C=O) groups is 1. The van der Waals surface area contributed by atoms with Crippen molar-refractivity contribution in [2.45, 2.75) is 59.5 Å². The molecule has 0 atom stereocenters. The first-order valence-electron chi connectivity index (χ1n) is 6.74. The van der Waals surface area contributed by atoms with Crippen LogP contribution in [0.25, 0.3) is 0 Å². The number of halogens is 21. The molecule has 0 aliphatic rings. The van der Waals surface area contributed by atoms with Crippen LogP contribution in [0.5, 0.6) is 0 Å². The quantitative estimate of drug-likeness (QED) is 0.239. The minimum atomic E-state index is -9.21. The lowest BCUT2D eigenvalue weighted by molar-refractivity contribution is -0.472. The molecule has 0 rings (SSSR count). The maximum Gasteiger partial charge on any atom is 0.460 e. The third kappa shape index (κ3) is 3.55. The molecule has 0 fully saturated rings. The molecule has 0 aliphatic carbocycles. The van der Waals surface area contributed by atoms with Crippen LogP contribution >= 0.6 is 0 Å². The van der Waals surface area contributed by atoms with Gasteiger partial charge in [-0.15, -0.1) is 0 Å². The highest BCUT2D eigenvalue weighted by Gasteiger charge is 2.97. The normalized spacial score (nSPS) is 16.8. The minimum absolute atomic E-state index is 2.65. The molecular formula is C11HF21O. The summed E-state index contributed by atoms with van der Waals surface area (Å²) in [5.74, 6) is -78.0. The van der Waals surface area contributed by atoms with Gasteiger partial charge in [-0.3, -0.25) is 4.79 Å². The van der Waals surface area contributed by atoms with Gasteiger partial charge >= 0.3 is 59.5 Å². The molecule has 0 heterocycles. The van der Waals surface area contributed by atoms with Gasteiger partial charge in [-0.25, -0.2) is 0 Å². The zero-order chi connectivity index (χ0) is 27.7. The van der Waals surface area contributed by atoms with E-state index in [0.717, 1.165) is 0 Å². The summed E-state index contributed by atoms with van der Waals surface area (Å²) in [5.41, 5.74) is 0. The molecular weight excluding hydrogens is 547 g/mol. The Morgan fingerprint density at radius 1 is 0.303 bits per heavy atom. The van der Waals surface area contributed by atoms with Gasteiger partial charge in [0, 0.05) is 0 Å². The van der Waals surface area contributed by atoms with Crippen molar-refractivity contribution in [3.05, 3.63) is 0 Å². The van der Waals surface area contributed by atoms with Gasteiger partial charge in [0.2, 0.25) is 0 Å². The second-order valence-corrected chi connectivity index (χ2v) is 5.83. The minimum Gasteiger partial charge on any atom is -0.296 e. The van der Waals surface area contributed by atoms with Gasteiger partial charge in [-0.1, -0.05) is 0 Å². The van der Waals surface area contributed by atoms with E-state index in [9.17, 15) is 97.0 Å². The van der Waals surface area contributed by atoms with Crippen molar-refractivity contribution in [2.75, 3.05) is 0 Å². The third-order valence-electron chi connectivity index (χ3n) is 3.68. The van der Waals surface area contributed by atoms with Crippen LogP contribution in [-0.2, 0) is 4.79 Å². The summed E-state index contributed by atoms with van der Waals surface area (Å²) >= 11 is 0. The summed E-state index contributed by atoms with van der Waals surface area (Å²) in [6.07, 6.45) is -10.7. The summed E-state index contributed by atoms with van der Waals surface area (Å²) in [5, 5.41) is 0. The lowest BCUT2D eigenvalue weighted by Crippen LogP contribution is -2.76. The van der Waals surface area contributed by atoms with E-state index in [4.69, 9.17) is 0 Å². The van der Waals surface area contributed by atoms with Gasteiger partial charge in [0.05, 0.1) is 0 Å². The van der Waals surface area contributed by atoms with E-state index in [-0.39, 0.29) is 0 Å². The zero-order valence-electron chi connectivity index (χ0n) is 13.9. The summed E-state index contributed by atoms with van der Waals surface area (Å²) in [6.45, 7) is 0. The van der Waals surface area contributed by atoms with E-state index in [1.807, 2.05) is 0 Å². The molecule has 1 nitrogen and oxygen atoms in total. The van der Waals surface area contributed by atoms with E-state index in [0.29, 0.717) is 0 Å². The molecule has 0 aromatic rings. The Morgan fingerprint density at radius 2 is 0.485 bits per heavy atom. The average Bonchev–Trinajstić information content (AvgIpc) is 2.59. The maximum atomic E-state index is 13.2. The summed E-state index contributed by atoms with van der Waals surface area (Å²) in [4.78, 5) is 9.64. The third-order valence-corrected chi connectivity index (χ3v) is 3.68. The number of carbonyl (C=O) groups excluding carboxylic acids is 1. The highest BCUT2D eigenvalue weighted by Crippen LogP contribution is 2.66. The first-order chi connectivity index (χ1) is 13.8. The molecule has 33 heavy (non-hydrogen) atoms. The number of alkyl halides is 21. The highest BCUT2D eigenvalue weighted by molar-refractivity contribution is 5.62. The van der Waals surface area contributed by atoms with Crippen LogP contribution in [0, 0.1) is 0 Å². The summed E-state index contributed by atoms with van der Waals surface area (Å²) < 4.78 is 269. The molecule has 0 radical (unpaired) electrons. The van der Waals surface area contributed by atoms with Gasteiger partial charge in [0.1, 0.15) is 0 Å². The van der Waals surface area contributed by atoms with Crippen molar-refractivity contribution in [3.63, 3.8) is 0 Å². The molecule has 0 unspecified atom stereocenters. The zero-order valence-corrected chi connectivity index (χ0v) is 13.9. The molecule has 0 spiro atoms. The molecule has 0 aromatic carbocycles. The molecule has 0 amide bonds. The van der Waals surface area contributed by atoms with Crippen molar-refractivity contribution in [2.24, 2.45) is 0 Å². The van der Waals surface area contributed by atoms with E-state index in [1.165, 1.54) is 0 Å². The van der Waals surface area contributed by atoms with Crippen LogP contribution < -0.4 is 0 Å². The lowest BCUT2D eigenvalue weighted by atomic mass is 9.86. The molecule has 198 valence electrons. The highest BCUT2D eigenvalue weighted by atomic mass is 19.4. The summed E-state index contributed by atoms with van der Waals surface area (Å²) in [7, 11) is 0. The smallest absolute Gasteiger partial charge is 0.296 e. The standard InChI is InChI=1S/C11HF21O/c12-2(13,1-33)3(14,15)4(16,17)5(18,19)6(20,21)7(22,23)8(24,25)9(26,27)10(28,29)11(30,31)32/h1H. The van der Waals surface area contributed by atoms with Crippen LogP contribution in [0.4, 0.5) is 92.2 Å². The maximum absolute atomic E-state index is 13.2. The number of rotatable bonds is 9. The fourth-order valence-electron chi connectivity index (χ4n) is 1.64. The molecule has 0 bridgehead atoms. The number of hydrogen-bond acceptors (Lipinski definition) is 1. The Morgan fingerprint density at radius 3 is 0.667 bits per heavy atom. The monoisotopic (exact) mass is 548 g/mol. The lowest BCUT2D eigenvalue weighted by Gasteiger charge is -2.44. The second-order valence-electron chi connectivity index (χ2n) is 5.83. The van der Waals surface area contributed by atoms with Crippen molar-refractivity contribution in [1.82, 2.24) is 0 Å². The van der Waals surface area contributed by atoms with Crippen LogP contribution in [0.2, 0.25) is 0 Å².